The SMILES string of the molecule is Cc1c(CNc2cc(C(N)=O)ccc2F)cc(C#N)n1C. The van der Waals surface area contributed by atoms with Crippen molar-refractivity contribution in [2.24, 2.45) is 12.8 Å². The van der Waals surface area contributed by atoms with Crippen LogP contribution in [0.1, 0.15) is 27.3 Å². The zero-order valence-corrected chi connectivity index (χ0v) is 11.8. The number of rotatable bonds is 4. The predicted octanol–water partition coefficient (Wildman–Crippen LogP) is 2.06. The molecular formula is C15H15FN4O. The van der Waals surface area contributed by atoms with Crippen molar-refractivity contribution in [1.82, 2.24) is 4.57 Å². The molecule has 0 unspecified atom stereocenters. The molecule has 0 spiro atoms. The van der Waals surface area contributed by atoms with E-state index in [4.69, 9.17) is 11.0 Å². The number of aromatic nitrogens is 1. The van der Waals surface area contributed by atoms with Crippen LogP contribution < -0.4 is 11.1 Å². The minimum Gasteiger partial charge on any atom is -0.379 e. The third kappa shape index (κ3) is 2.87. The molecule has 2 rings (SSSR count). The largest absolute Gasteiger partial charge is 0.379 e. The van der Waals surface area contributed by atoms with Gasteiger partial charge in [0.05, 0.1) is 5.69 Å². The van der Waals surface area contributed by atoms with Crippen molar-refractivity contribution in [2.45, 2.75) is 13.5 Å². The molecule has 0 aliphatic rings. The van der Waals surface area contributed by atoms with Crippen LogP contribution in [0.5, 0.6) is 0 Å². The van der Waals surface area contributed by atoms with Crippen LogP contribution in [0.2, 0.25) is 0 Å². The summed E-state index contributed by atoms with van der Waals surface area (Å²) in [6.07, 6.45) is 0. The van der Waals surface area contributed by atoms with Crippen molar-refractivity contribution in [3.05, 3.63) is 52.6 Å². The summed E-state index contributed by atoms with van der Waals surface area (Å²) < 4.78 is 15.5. The summed E-state index contributed by atoms with van der Waals surface area (Å²) in [5, 5.41) is 11.9. The van der Waals surface area contributed by atoms with E-state index in [1.165, 1.54) is 18.2 Å². The van der Waals surface area contributed by atoms with Gasteiger partial charge in [-0.1, -0.05) is 0 Å². The Morgan fingerprint density at radius 2 is 2.19 bits per heavy atom. The molecule has 6 heteroatoms. The van der Waals surface area contributed by atoms with Gasteiger partial charge in [0, 0.05) is 24.8 Å². The van der Waals surface area contributed by atoms with E-state index in [9.17, 15) is 9.18 Å². The van der Waals surface area contributed by atoms with Crippen molar-refractivity contribution in [3.63, 3.8) is 0 Å². The van der Waals surface area contributed by atoms with E-state index in [1.54, 1.807) is 17.7 Å². The smallest absolute Gasteiger partial charge is 0.248 e. The van der Waals surface area contributed by atoms with Gasteiger partial charge in [0.1, 0.15) is 17.6 Å². The zero-order chi connectivity index (χ0) is 15.6. The number of amides is 1. The first-order chi connectivity index (χ1) is 9.93. The summed E-state index contributed by atoms with van der Waals surface area (Å²) in [5.74, 6) is -1.07. The quantitative estimate of drug-likeness (QED) is 0.902. The number of primary amides is 1. The number of carbonyl (C=O) groups excluding carboxylic acids is 1. The number of nitriles is 1. The number of nitrogens with two attached hydrogens (primary N) is 1. The lowest BCUT2D eigenvalue weighted by molar-refractivity contribution is 0.100. The zero-order valence-electron chi connectivity index (χ0n) is 11.8. The number of anilines is 1. The lowest BCUT2D eigenvalue weighted by Gasteiger charge is -2.09. The van der Waals surface area contributed by atoms with E-state index in [0.717, 1.165) is 11.3 Å². The maximum atomic E-state index is 13.7. The Balaban J connectivity index is 2.23. The third-order valence-corrected chi connectivity index (χ3v) is 3.47. The molecule has 1 amide bonds. The standard InChI is InChI=1S/C15H15FN4O/c1-9-11(5-12(7-17)20(9)2)8-19-14-6-10(15(18)21)3-4-13(14)16/h3-6,19H,8H2,1-2H3,(H2,18,21). The monoisotopic (exact) mass is 286 g/mol. The summed E-state index contributed by atoms with van der Waals surface area (Å²) in [5.41, 5.74) is 7.96. The van der Waals surface area contributed by atoms with Gasteiger partial charge in [0.2, 0.25) is 5.91 Å². The fourth-order valence-electron chi connectivity index (χ4n) is 2.05. The molecule has 5 nitrogen and oxygen atoms in total. The van der Waals surface area contributed by atoms with E-state index in [0.29, 0.717) is 12.2 Å². The second kappa shape index (κ2) is 5.67. The number of hydrogen-bond acceptors (Lipinski definition) is 3. The molecule has 3 N–H and O–H groups in total. The van der Waals surface area contributed by atoms with Gasteiger partial charge < -0.3 is 15.6 Å². The van der Waals surface area contributed by atoms with Crippen molar-refractivity contribution < 1.29 is 9.18 Å². The molecule has 1 aromatic heterocycles. The van der Waals surface area contributed by atoms with Crippen LogP contribution in [-0.2, 0) is 13.6 Å². The Bertz CT molecular complexity index is 743. The van der Waals surface area contributed by atoms with Crippen LogP contribution in [0.4, 0.5) is 10.1 Å². The molecule has 0 aliphatic heterocycles. The highest BCUT2D eigenvalue weighted by Crippen LogP contribution is 2.19. The van der Waals surface area contributed by atoms with Gasteiger partial charge in [0.25, 0.3) is 0 Å². The Labute approximate surface area is 121 Å². The number of nitrogens with zero attached hydrogens (tertiary/aromatic N) is 2. The molecule has 108 valence electrons. The van der Waals surface area contributed by atoms with Crippen molar-refractivity contribution >= 4 is 11.6 Å². The van der Waals surface area contributed by atoms with E-state index in [-0.39, 0.29) is 11.3 Å². The van der Waals surface area contributed by atoms with Crippen LogP contribution in [0.15, 0.2) is 24.3 Å². The number of hydrogen-bond donors (Lipinski definition) is 2. The summed E-state index contributed by atoms with van der Waals surface area (Å²) in [4.78, 5) is 11.1. The molecule has 0 fully saturated rings. The first kappa shape index (κ1) is 14.6. The lowest BCUT2D eigenvalue weighted by Crippen LogP contribution is -2.12. The fourth-order valence-corrected chi connectivity index (χ4v) is 2.05. The summed E-state index contributed by atoms with van der Waals surface area (Å²) in [6.45, 7) is 2.23. The Hall–Kier alpha value is -2.81. The Morgan fingerprint density at radius 1 is 1.48 bits per heavy atom. The highest BCUT2D eigenvalue weighted by molar-refractivity contribution is 5.93. The molecule has 0 saturated heterocycles. The van der Waals surface area contributed by atoms with Gasteiger partial charge in [-0.15, -0.1) is 0 Å². The van der Waals surface area contributed by atoms with Crippen LogP contribution in [0.3, 0.4) is 0 Å². The normalized spacial score (nSPS) is 10.2. The van der Waals surface area contributed by atoms with Gasteiger partial charge in [-0.2, -0.15) is 5.26 Å². The van der Waals surface area contributed by atoms with E-state index >= 15 is 0 Å². The minimum atomic E-state index is -0.610. The van der Waals surface area contributed by atoms with Crippen LogP contribution in [0.25, 0.3) is 0 Å². The van der Waals surface area contributed by atoms with Gasteiger partial charge in [0.15, 0.2) is 0 Å². The number of carbonyl (C=O) groups is 1. The molecule has 0 saturated carbocycles. The lowest BCUT2D eigenvalue weighted by atomic mass is 10.1. The average Bonchev–Trinajstić information content (AvgIpc) is 2.73. The number of halogens is 1. The van der Waals surface area contributed by atoms with Crippen molar-refractivity contribution in [2.75, 3.05) is 5.32 Å². The molecular weight excluding hydrogens is 271 g/mol. The minimum absolute atomic E-state index is 0.202. The van der Waals surface area contributed by atoms with Crippen LogP contribution >= 0.6 is 0 Å². The van der Waals surface area contributed by atoms with Gasteiger partial charge in [-0.3, -0.25) is 4.79 Å². The molecule has 0 aliphatic carbocycles. The highest BCUT2D eigenvalue weighted by atomic mass is 19.1. The second-order valence-corrected chi connectivity index (χ2v) is 4.72. The topological polar surface area (TPSA) is 83.8 Å². The predicted molar refractivity (Wildman–Crippen MR) is 77.1 cm³/mol. The second-order valence-electron chi connectivity index (χ2n) is 4.72. The number of benzene rings is 1. The van der Waals surface area contributed by atoms with E-state index in [2.05, 4.69) is 11.4 Å². The molecule has 21 heavy (non-hydrogen) atoms. The number of nitrogens with one attached hydrogen (secondary N) is 1. The first-order valence-corrected chi connectivity index (χ1v) is 6.32. The molecule has 1 aromatic carbocycles. The summed E-state index contributed by atoms with van der Waals surface area (Å²) in [7, 11) is 1.80. The summed E-state index contributed by atoms with van der Waals surface area (Å²) in [6, 6.07) is 7.75. The van der Waals surface area contributed by atoms with Crippen LogP contribution in [0, 0.1) is 24.1 Å². The average molecular weight is 286 g/mol. The van der Waals surface area contributed by atoms with Gasteiger partial charge in [-0.25, -0.2) is 4.39 Å². The maximum absolute atomic E-state index is 13.7. The van der Waals surface area contributed by atoms with Crippen LogP contribution in [-0.4, -0.2) is 10.5 Å². The van der Waals surface area contributed by atoms with E-state index < -0.39 is 11.7 Å². The molecule has 0 atom stereocenters. The highest BCUT2D eigenvalue weighted by Gasteiger charge is 2.10. The first-order valence-electron chi connectivity index (χ1n) is 6.32. The van der Waals surface area contributed by atoms with Crippen molar-refractivity contribution in [1.29, 1.82) is 5.26 Å². The molecule has 1 heterocycles. The molecule has 0 radical (unpaired) electrons. The molecule has 0 bridgehead atoms. The maximum Gasteiger partial charge on any atom is 0.248 e. The third-order valence-electron chi connectivity index (χ3n) is 3.47. The Morgan fingerprint density at radius 3 is 2.76 bits per heavy atom. The molecule has 2 aromatic rings. The van der Waals surface area contributed by atoms with Gasteiger partial charge in [-0.05, 0) is 36.8 Å². The fraction of sp³-hybridized carbons (Fsp3) is 0.200. The van der Waals surface area contributed by atoms with E-state index in [1.807, 2.05) is 6.92 Å². The van der Waals surface area contributed by atoms with Crippen molar-refractivity contribution in [3.8, 4) is 6.07 Å². The van der Waals surface area contributed by atoms with Gasteiger partial charge >= 0.3 is 0 Å². The Kier molecular flexibility index (Phi) is 3.94. The summed E-state index contributed by atoms with van der Waals surface area (Å²) >= 11 is 0.